The van der Waals surface area contributed by atoms with E-state index >= 15 is 0 Å². The molecular formula is C17H22N4O2. The summed E-state index contributed by atoms with van der Waals surface area (Å²) in [6.45, 7) is 6.97. The fourth-order valence-corrected chi connectivity index (χ4v) is 2.30. The summed E-state index contributed by atoms with van der Waals surface area (Å²) >= 11 is 0. The number of amides is 2. The van der Waals surface area contributed by atoms with Crippen LogP contribution in [-0.2, 0) is 4.79 Å². The van der Waals surface area contributed by atoms with Gasteiger partial charge in [0.15, 0.2) is 0 Å². The van der Waals surface area contributed by atoms with Gasteiger partial charge < -0.3 is 10.2 Å². The van der Waals surface area contributed by atoms with E-state index in [1.165, 1.54) is 0 Å². The van der Waals surface area contributed by atoms with E-state index in [9.17, 15) is 9.59 Å². The first-order valence-electron chi connectivity index (χ1n) is 7.76. The third-order valence-corrected chi connectivity index (χ3v) is 3.73. The lowest BCUT2D eigenvalue weighted by Crippen LogP contribution is -2.30. The Morgan fingerprint density at radius 1 is 1.26 bits per heavy atom. The lowest BCUT2D eigenvalue weighted by atomic mass is 10.1. The third kappa shape index (κ3) is 3.97. The zero-order valence-corrected chi connectivity index (χ0v) is 13.7. The van der Waals surface area contributed by atoms with E-state index in [4.69, 9.17) is 0 Å². The molecule has 0 radical (unpaired) electrons. The van der Waals surface area contributed by atoms with Crippen LogP contribution in [0.5, 0.6) is 0 Å². The standard InChI is InChI=1S/C17H22N4O2/c1-4-20(5-2)17(23)14-8-6-9-15(12-14)19-16(22)13(3)21-11-7-10-18-21/h6-13H,4-5H2,1-3H3,(H,19,22). The topological polar surface area (TPSA) is 67.2 Å². The fourth-order valence-electron chi connectivity index (χ4n) is 2.30. The molecule has 1 aromatic heterocycles. The maximum absolute atomic E-state index is 12.4. The Morgan fingerprint density at radius 2 is 2.00 bits per heavy atom. The smallest absolute Gasteiger partial charge is 0.253 e. The van der Waals surface area contributed by atoms with E-state index in [2.05, 4.69) is 10.4 Å². The summed E-state index contributed by atoms with van der Waals surface area (Å²) in [5.74, 6) is -0.215. The second kappa shape index (κ2) is 7.58. The molecule has 0 bridgehead atoms. The average molecular weight is 314 g/mol. The first-order valence-corrected chi connectivity index (χ1v) is 7.76. The summed E-state index contributed by atoms with van der Waals surface area (Å²) < 4.78 is 1.58. The molecule has 0 aliphatic carbocycles. The molecule has 2 aromatic rings. The van der Waals surface area contributed by atoms with E-state index < -0.39 is 6.04 Å². The highest BCUT2D eigenvalue weighted by Gasteiger charge is 2.17. The number of hydrogen-bond donors (Lipinski definition) is 1. The van der Waals surface area contributed by atoms with Crippen molar-refractivity contribution in [1.29, 1.82) is 0 Å². The van der Waals surface area contributed by atoms with Gasteiger partial charge in [0.25, 0.3) is 5.91 Å². The number of hydrogen-bond acceptors (Lipinski definition) is 3. The predicted octanol–water partition coefficient (Wildman–Crippen LogP) is 2.56. The van der Waals surface area contributed by atoms with Crippen molar-refractivity contribution in [3.8, 4) is 0 Å². The lowest BCUT2D eigenvalue weighted by molar-refractivity contribution is -0.119. The summed E-state index contributed by atoms with van der Waals surface area (Å²) in [5, 5.41) is 6.89. The number of rotatable bonds is 6. The zero-order valence-electron chi connectivity index (χ0n) is 13.7. The second-order valence-corrected chi connectivity index (χ2v) is 5.21. The molecule has 6 nitrogen and oxygen atoms in total. The Hall–Kier alpha value is -2.63. The Kier molecular flexibility index (Phi) is 5.51. The van der Waals surface area contributed by atoms with E-state index in [-0.39, 0.29) is 11.8 Å². The molecule has 1 heterocycles. The summed E-state index contributed by atoms with van der Waals surface area (Å²) in [7, 11) is 0. The van der Waals surface area contributed by atoms with Crippen LogP contribution in [0.4, 0.5) is 5.69 Å². The van der Waals surface area contributed by atoms with Crippen molar-refractivity contribution in [1.82, 2.24) is 14.7 Å². The summed E-state index contributed by atoms with van der Waals surface area (Å²) in [6.07, 6.45) is 3.37. The Bertz CT molecular complexity index is 663. The number of nitrogens with zero attached hydrogens (tertiary/aromatic N) is 3. The molecule has 6 heteroatoms. The first-order chi connectivity index (χ1) is 11.1. The molecule has 0 spiro atoms. The number of carbonyl (C=O) groups is 2. The van der Waals surface area contributed by atoms with E-state index in [1.54, 1.807) is 59.2 Å². The van der Waals surface area contributed by atoms with Crippen LogP contribution < -0.4 is 5.32 Å². The van der Waals surface area contributed by atoms with Gasteiger partial charge in [0.2, 0.25) is 5.91 Å². The van der Waals surface area contributed by atoms with Crippen LogP contribution in [0.1, 0.15) is 37.2 Å². The molecule has 1 N–H and O–H groups in total. The summed E-state index contributed by atoms with van der Waals surface area (Å²) in [4.78, 5) is 26.4. The molecule has 0 aliphatic heterocycles. The quantitative estimate of drug-likeness (QED) is 0.891. The zero-order chi connectivity index (χ0) is 16.8. The molecule has 1 aromatic carbocycles. The van der Waals surface area contributed by atoms with Gasteiger partial charge in [0.1, 0.15) is 6.04 Å². The van der Waals surface area contributed by atoms with Gasteiger partial charge in [-0.15, -0.1) is 0 Å². The minimum absolute atomic E-state index is 0.0359. The number of carbonyl (C=O) groups excluding carboxylic acids is 2. The summed E-state index contributed by atoms with van der Waals surface area (Å²) in [6, 6.07) is 8.35. The van der Waals surface area contributed by atoms with Gasteiger partial charge in [0, 0.05) is 36.7 Å². The Morgan fingerprint density at radius 3 is 2.61 bits per heavy atom. The van der Waals surface area contributed by atoms with E-state index in [0.717, 1.165) is 0 Å². The Balaban J connectivity index is 2.11. The van der Waals surface area contributed by atoms with Crippen molar-refractivity contribution in [2.45, 2.75) is 26.8 Å². The third-order valence-electron chi connectivity index (χ3n) is 3.73. The number of nitrogens with one attached hydrogen (secondary N) is 1. The molecule has 1 unspecified atom stereocenters. The molecule has 2 amide bonds. The average Bonchev–Trinajstić information content (AvgIpc) is 3.09. The Labute approximate surface area is 136 Å². The van der Waals surface area contributed by atoms with Crippen LogP contribution in [0.3, 0.4) is 0 Å². The van der Waals surface area contributed by atoms with Crippen LogP contribution in [-0.4, -0.2) is 39.6 Å². The van der Waals surface area contributed by atoms with E-state index in [0.29, 0.717) is 24.3 Å². The van der Waals surface area contributed by atoms with Crippen molar-refractivity contribution < 1.29 is 9.59 Å². The van der Waals surface area contributed by atoms with Crippen LogP contribution in [0.25, 0.3) is 0 Å². The monoisotopic (exact) mass is 314 g/mol. The predicted molar refractivity (Wildman–Crippen MR) is 89.3 cm³/mol. The second-order valence-electron chi connectivity index (χ2n) is 5.21. The van der Waals surface area contributed by atoms with Crippen molar-refractivity contribution in [2.24, 2.45) is 0 Å². The van der Waals surface area contributed by atoms with Crippen molar-refractivity contribution in [3.05, 3.63) is 48.3 Å². The van der Waals surface area contributed by atoms with Crippen molar-refractivity contribution in [3.63, 3.8) is 0 Å². The summed E-state index contributed by atoms with van der Waals surface area (Å²) in [5.41, 5.74) is 1.17. The first kappa shape index (κ1) is 16.7. The van der Waals surface area contributed by atoms with Crippen LogP contribution in [0, 0.1) is 0 Å². The van der Waals surface area contributed by atoms with Crippen LogP contribution in [0.15, 0.2) is 42.7 Å². The highest BCUT2D eigenvalue weighted by atomic mass is 16.2. The molecule has 1 atom stereocenters. The van der Waals surface area contributed by atoms with Gasteiger partial charge >= 0.3 is 0 Å². The SMILES string of the molecule is CCN(CC)C(=O)c1cccc(NC(=O)C(C)n2cccn2)c1. The van der Waals surface area contributed by atoms with Gasteiger partial charge in [0.05, 0.1) is 0 Å². The molecule has 0 saturated heterocycles. The minimum Gasteiger partial charge on any atom is -0.339 e. The molecule has 23 heavy (non-hydrogen) atoms. The fraction of sp³-hybridized carbons (Fsp3) is 0.353. The van der Waals surface area contributed by atoms with Gasteiger partial charge in [-0.1, -0.05) is 6.07 Å². The van der Waals surface area contributed by atoms with Crippen molar-refractivity contribution in [2.75, 3.05) is 18.4 Å². The lowest BCUT2D eigenvalue weighted by Gasteiger charge is -2.19. The van der Waals surface area contributed by atoms with Crippen LogP contribution in [0.2, 0.25) is 0 Å². The normalized spacial score (nSPS) is 11.8. The molecule has 2 rings (SSSR count). The van der Waals surface area contributed by atoms with Crippen LogP contribution >= 0.6 is 0 Å². The highest BCUT2D eigenvalue weighted by Crippen LogP contribution is 2.15. The van der Waals surface area contributed by atoms with Crippen molar-refractivity contribution >= 4 is 17.5 Å². The highest BCUT2D eigenvalue weighted by molar-refractivity contribution is 5.98. The van der Waals surface area contributed by atoms with Gasteiger partial charge in [-0.2, -0.15) is 5.10 Å². The van der Waals surface area contributed by atoms with Gasteiger partial charge in [-0.05, 0) is 45.0 Å². The largest absolute Gasteiger partial charge is 0.339 e. The van der Waals surface area contributed by atoms with Gasteiger partial charge in [-0.3, -0.25) is 14.3 Å². The molecular weight excluding hydrogens is 292 g/mol. The maximum Gasteiger partial charge on any atom is 0.253 e. The maximum atomic E-state index is 12.4. The number of aromatic nitrogens is 2. The molecule has 122 valence electrons. The minimum atomic E-state index is -0.424. The number of anilines is 1. The number of benzene rings is 1. The molecule has 0 fully saturated rings. The van der Waals surface area contributed by atoms with E-state index in [1.807, 2.05) is 13.8 Å². The van der Waals surface area contributed by atoms with Gasteiger partial charge in [-0.25, -0.2) is 0 Å². The molecule has 0 aliphatic rings. The molecule has 0 saturated carbocycles.